The van der Waals surface area contributed by atoms with Gasteiger partial charge in [0.2, 0.25) is 5.56 Å². The molecule has 0 radical (unpaired) electrons. The molecule has 0 spiro atoms. The molecule has 0 fully saturated rings. The first-order valence-corrected chi connectivity index (χ1v) is 2.93. The fourth-order valence-corrected chi connectivity index (χ4v) is 0.673. The van der Waals surface area contributed by atoms with Gasteiger partial charge >= 0.3 is 0 Å². The third-order valence-electron chi connectivity index (χ3n) is 1.07. The number of rotatable bonds is 0. The lowest BCUT2D eigenvalue weighted by Crippen LogP contribution is -2.02. The first kappa shape index (κ1) is 6.36. The number of hydrogen-bond donors (Lipinski definition) is 1. The summed E-state index contributed by atoms with van der Waals surface area (Å²) in [5, 5.41) is 0.513. The van der Waals surface area contributed by atoms with Gasteiger partial charge in [0.25, 0.3) is 0 Å². The monoisotopic (exact) mass is 143 g/mol. The van der Waals surface area contributed by atoms with E-state index in [2.05, 4.69) is 4.98 Å². The summed E-state index contributed by atoms with van der Waals surface area (Å²) in [6.45, 7) is 1.83. The van der Waals surface area contributed by atoms with E-state index in [0.29, 0.717) is 5.02 Å². The number of nitrogens with one attached hydrogen (secondary N) is 1. The molecule has 1 heterocycles. The highest BCUT2D eigenvalue weighted by Crippen LogP contribution is 2.08. The molecule has 1 N–H and O–H groups in total. The minimum Gasteiger partial charge on any atom is -0.329 e. The summed E-state index contributed by atoms with van der Waals surface area (Å²) in [5.41, 5.74) is 0.724. The topological polar surface area (TPSA) is 32.9 Å². The molecule has 0 aliphatic rings. The Morgan fingerprint density at radius 3 is 2.78 bits per heavy atom. The molecule has 2 nitrogen and oxygen atoms in total. The fourth-order valence-electron chi connectivity index (χ4n) is 0.519. The van der Waals surface area contributed by atoms with Gasteiger partial charge in [0.05, 0.1) is 5.02 Å². The quantitative estimate of drug-likeness (QED) is 0.584. The highest BCUT2D eigenvalue weighted by atomic mass is 35.5. The molecule has 0 aliphatic heterocycles. The van der Waals surface area contributed by atoms with Gasteiger partial charge in [0.1, 0.15) is 0 Å². The number of halogens is 1. The van der Waals surface area contributed by atoms with Crippen molar-refractivity contribution in [3.63, 3.8) is 0 Å². The molecule has 9 heavy (non-hydrogen) atoms. The molecule has 0 unspecified atom stereocenters. The SMILES string of the molecule is Cc1c[nH]c(=O)cc1Cl. The van der Waals surface area contributed by atoms with Crippen LogP contribution in [0.3, 0.4) is 0 Å². The third kappa shape index (κ3) is 1.33. The van der Waals surface area contributed by atoms with Crippen LogP contribution in [0.25, 0.3) is 0 Å². The van der Waals surface area contributed by atoms with E-state index in [0.717, 1.165) is 5.56 Å². The molecule has 1 aromatic rings. The maximum Gasteiger partial charge on any atom is 0.249 e. The molecule has 0 saturated carbocycles. The Labute approximate surface area is 57.5 Å². The van der Waals surface area contributed by atoms with E-state index in [1.165, 1.54) is 6.07 Å². The van der Waals surface area contributed by atoms with E-state index < -0.39 is 0 Å². The molecular formula is C6H6ClNO. The van der Waals surface area contributed by atoms with Crippen LogP contribution in [-0.2, 0) is 0 Å². The Morgan fingerprint density at radius 2 is 2.33 bits per heavy atom. The van der Waals surface area contributed by atoms with Gasteiger partial charge in [-0.25, -0.2) is 0 Å². The first-order chi connectivity index (χ1) is 4.20. The van der Waals surface area contributed by atoms with Crippen LogP contribution < -0.4 is 5.56 Å². The predicted molar refractivity (Wildman–Crippen MR) is 36.8 cm³/mol. The van der Waals surface area contributed by atoms with E-state index in [4.69, 9.17) is 11.6 Å². The average molecular weight is 144 g/mol. The van der Waals surface area contributed by atoms with Crippen molar-refractivity contribution in [1.82, 2.24) is 4.98 Å². The second kappa shape index (κ2) is 2.23. The maximum atomic E-state index is 10.5. The van der Waals surface area contributed by atoms with Crippen LogP contribution in [0.2, 0.25) is 5.02 Å². The fraction of sp³-hybridized carbons (Fsp3) is 0.167. The van der Waals surface area contributed by atoms with Crippen molar-refractivity contribution in [2.75, 3.05) is 0 Å². The zero-order valence-electron chi connectivity index (χ0n) is 4.94. The molecule has 48 valence electrons. The number of aromatic amines is 1. The van der Waals surface area contributed by atoms with Gasteiger partial charge in [-0.05, 0) is 12.5 Å². The van der Waals surface area contributed by atoms with E-state index in [1.807, 2.05) is 6.92 Å². The zero-order chi connectivity index (χ0) is 6.85. The van der Waals surface area contributed by atoms with Crippen LogP contribution in [0.15, 0.2) is 17.1 Å². The Hall–Kier alpha value is -0.760. The normalized spacial score (nSPS) is 9.56. The van der Waals surface area contributed by atoms with Crippen molar-refractivity contribution in [2.45, 2.75) is 6.92 Å². The van der Waals surface area contributed by atoms with E-state index in [1.54, 1.807) is 6.20 Å². The number of aromatic nitrogens is 1. The summed E-state index contributed by atoms with van der Waals surface area (Å²) in [4.78, 5) is 13.0. The van der Waals surface area contributed by atoms with Crippen LogP contribution in [0.4, 0.5) is 0 Å². The first-order valence-electron chi connectivity index (χ1n) is 2.55. The summed E-state index contributed by atoms with van der Waals surface area (Å²) >= 11 is 5.59. The summed E-state index contributed by atoms with van der Waals surface area (Å²) in [6, 6.07) is 1.36. The summed E-state index contributed by atoms with van der Waals surface area (Å²) < 4.78 is 0. The van der Waals surface area contributed by atoms with Crippen molar-refractivity contribution in [1.29, 1.82) is 0 Å². The van der Waals surface area contributed by atoms with Crippen LogP contribution in [0.5, 0.6) is 0 Å². The van der Waals surface area contributed by atoms with Gasteiger partial charge < -0.3 is 4.98 Å². The van der Waals surface area contributed by atoms with E-state index >= 15 is 0 Å². The van der Waals surface area contributed by atoms with Crippen molar-refractivity contribution >= 4 is 11.6 Å². The molecule has 3 heteroatoms. The van der Waals surface area contributed by atoms with E-state index in [9.17, 15) is 4.79 Å². The van der Waals surface area contributed by atoms with Crippen LogP contribution >= 0.6 is 11.6 Å². The van der Waals surface area contributed by atoms with Crippen LogP contribution in [0.1, 0.15) is 5.56 Å². The Balaban J connectivity index is 3.34. The lowest BCUT2D eigenvalue weighted by atomic mass is 10.3. The van der Waals surface area contributed by atoms with Gasteiger partial charge in [-0.2, -0.15) is 0 Å². The number of aryl methyl sites for hydroxylation is 1. The van der Waals surface area contributed by atoms with Crippen molar-refractivity contribution in [2.24, 2.45) is 0 Å². The number of hydrogen-bond acceptors (Lipinski definition) is 1. The minimum absolute atomic E-state index is 0.161. The zero-order valence-corrected chi connectivity index (χ0v) is 5.70. The van der Waals surface area contributed by atoms with Crippen molar-refractivity contribution < 1.29 is 0 Å². The van der Waals surface area contributed by atoms with Gasteiger partial charge in [0.15, 0.2) is 0 Å². The maximum absolute atomic E-state index is 10.5. The molecule has 0 bridgehead atoms. The molecule has 1 aromatic heterocycles. The van der Waals surface area contributed by atoms with Gasteiger partial charge in [-0.3, -0.25) is 4.79 Å². The average Bonchev–Trinajstić information content (AvgIpc) is 1.80. The Kier molecular flexibility index (Phi) is 1.58. The Morgan fingerprint density at radius 1 is 1.67 bits per heavy atom. The summed E-state index contributed by atoms with van der Waals surface area (Å²) in [5.74, 6) is 0. The molecule has 0 atom stereocenters. The third-order valence-corrected chi connectivity index (χ3v) is 1.47. The number of H-pyrrole nitrogens is 1. The smallest absolute Gasteiger partial charge is 0.249 e. The van der Waals surface area contributed by atoms with Crippen molar-refractivity contribution in [3.8, 4) is 0 Å². The van der Waals surface area contributed by atoms with E-state index in [-0.39, 0.29) is 5.56 Å². The standard InChI is InChI=1S/C6H6ClNO/c1-4-3-8-6(9)2-5(4)7/h2-3H,1H3,(H,8,9). The molecule has 0 amide bonds. The van der Waals surface area contributed by atoms with Crippen LogP contribution in [0, 0.1) is 6.92 Å². The summed E-state index contributed by atoms with van der Waals surface area (Å²) in [7, 11) is 0. The molecule has 0 aromatic carbocycles. The van der Waals surface area contributed by atoms with Gasteiger partial charge in [-0.15, -0.1) is 0 Å². The lowest BCUT2D eigenvalue weighted by molar-refractivity contribution is 1.20. The molecule has 1 rings (SSSR count). The lowest BCUT2D eigenvalue weighted by Gasteiger charge is -1.91. The minimum atomic E-state index is -0.161. The Bertz CT molecular complexity index is 266. The second-order valence-electron chi connectivity index (χ2n) is 1.83. The van der Waals surface area contributed by atoms with Gasteiger partial charge in [-0.1, -0.05) is 11.6 Å². The highest BCUT2D eigenvalue weighted by Gasteiger charge is 1.91. The van der Waals surface area contributed by atoms with Crippen molar-refractivity contribution in [3.05, 3.63) is 33.2 Å². The van der Waals surface area contributed by atoms with Gasteiger partial charge in [0, 0.05) is 12.3 Å². The molecular weight excluding hydrogens is 138 g/mol. The largest absolute Gasteiger partial charge is 0.329 e. The second-order valence-corrected chi connectivity index (χ2v) is 2.24. The highest BCUT2D eigenvalue weighted by molar-refractivity contribution is 6.31. The summed E-state index contributed by atoms with van der Waals surface area (Å²) in [6.07, 6.45) is 1.59. The molecule has 0 aliphatic carbocycles. The molecule has 0 saturated heterocycles. The number of pyridine rings is 1. The van der Waals surface area contributed by atoms with Crippen LogP contribution in [-0.4, -0.2) is 4.98 Å². The predicted octanol–water partition coefficient (Wildman–Crippen LogP) is 1.34.